The molecule has 0 atom stereocenters. The SMILES string of the molecule is CCC(CC)NC(=O)COC(=O)c1ccc([N+](=O)[O-])s1. The van der Waals surface area contributed by atoms with Crippen molar-refractivity contribution in [3.63, 3.8) is 0 Å². The number of ether oxygens (including phenoxy) is 1. The van der Waals surface area contributed by atoms with Crippen molar-refractivity contribution in [2.24, 2.45) is 0 Å². The van der Waals surface area contributed by atoms with Gasteiger partial charge in [0.15, 0.2) is 6.61 Å². The van der Waals surface area contributed by atoms with Crippen LogP contribution in [-0.4, -0.2) is 29.4 Å². The standard InChI is InChI=1S/C12H16N2O5S/c1-3-8(4-2)13-10(15)7-19-12(16)9-5-6-11(20-9)14(17)18/h5-6,8H,3-4,7H2,1-2H3,(H,13,15). The number of rotatable bonds is 7. The number of hydrogen-bond donors (Lipinski definition) is 1. The van der Waals surface area contributed by atoms with E-state index in [9.17, 15) is 19.7 Å². The summed E-state index contributed by atoms with van der Waals surface area (Å²) in [6, 6.07) is 2.60. The molecule has 0 fully saturated rings. The van der Waals surface area contributed by atoms with Gasteiger partial charge in [0.2, 0.25) is 0 Å². The van der Waals surface area contributed by atoms with Crippen LogP contribution in [0.3, 0.4) is 0 Å². The second kappa shape index (κ2) is 7.59. The summed E-state index contributed by atoms with van der Waals surface area (Å²) in [4.78, 5) is 33.1. The number of carbonyl (C=O) groups is 2. The Morgan fingerprint density at radius 2 is 2.05 bits per heavy atom. The van der Waals surface area contributed by atoms with Crippen molar-refractivity contribution < 1.29 is 19.2 Å². The lowest BCUT2D eigenvalue weighted by molar-refractivity contribution is -0.380. The minimum absolute atomic E-state index is 0.0593. The van der Waals surface area contributed by atoms with E-state index >= 15 is 0 Å². The molecule has 0 bridgehead atoms. The minimum Gasteiger partial charge on any atom is -0.451 e. The van der Waals surface area contributed by atoms with Gasteiger partial charge in [-0.25, -0.2) is 4.79 Å². The fraction of sp³-hybridized carbons (Fsp3) is 0.500. The van der Waals surface area contributed by atoms with Gasteiger partial charge in [0.25, 0.3) is 5.91 Å². The first-order chi connectivity index (χ1) is 9.47. The van der Waals surface area contributed by atoms with Crippen molar-refractivity contribution in [3.8, 4) is 0 Å². The molecule has 0 aliphatic carbocycles. The molecule has 1 heterocycles. The van der Waals surface area contributed by atoms with Crippen molar-refractivity contribution >= 4 is 28.2 Å². The van der Waals surface area contributed by atoms with Gasteiger partial charge < -0.3 is 10.1 Å². The Hall–Kier alpha value is -1.96. The summed E-state index contributed by atoms with van der Waals surface area (Å²) in [7, 11) is 0. The number of esters is 1. The van der Waals surface area contributed by atoms with Gasteiger partial charge in [0, 0.05) is 12.1 Å². The van der Waals surface area contributed by atoms with Crippen molar-refractivity contribution in [3.05, 3.63) is 27.1 Å². The molecule has 1 aromatic heterocycles. The third kappa shape index (κ3) is 4.61. The maximum Gasteiger partial charge on any atom is 0.349 e. The molecule has 0 aromatic carbocycles. The molecule has 7 nitrogen and oxygen atoms in total. The molecule has 0 radical (unpaired) electrons. The van der Waals surface area contributed by atoms with Gasteiger partial charge in [-0.05, 0) is 18.9 Å². The Labute approximate surface area is 120 Å². The largest absolute Gasteiger partial charge is 0.451 e. The van der Waals surface area contributed by atoms with Crippen LogP contribution in [0.5, 0.6) is 0 Å². The lowest BCUT2D eigenvalue weighted by Gasteiger charge is -2.14. The zero-order valence-corrected chi connectivity index (χ0v) is 12.1. The van der Waals surface area contributed by atoms with E-state index in [-0.39, 0.29) is 28.4 Å². The van der Waals surface area contributed by atoms with E-state index in [4.69, 9.17) is 4.74 Å². The highest BCUT2D eigenvalue weighted by atomic mass is 32.1. The van der Waals surface area contributed by atoms with E-state index in [1.54, 1.807) is 0 Å². The molecular weight excluding hydrogens is 284 g/mol. The normalized spacial score (nSPS) is 10.3. The monoisotopic (exact) mass is 300 g/mol. The highest BCUT2D eigenvalue weighted by Gasteiger charge is 2.17. The minimum atomic E-state index is -0.734. The number of nitro groups is 1. The molecule has 20 heavy (non-hydrogen) atoms. The average Bonchev–Trinajstić information content (AvgIpc) is 2.92. The number of hydrogen-bond acceptors (Lipinski definition) is 6. The lowest BCUT2D eigenvalue weighted by atomic mass is 10.2. The summed E-state index contributed by atoms with van der Waals surface area (Å²) in [5.41, 5.74) is 0. The molecule has 0 saturated carbocycles. The Balaban J connectivity index is 2.46. The van der Waals surface area contributed by atoms with E-state index in [1.165, 1.54) is 12.1 Å². The van der Waals surface area contributed by atoms with Crippen molar-refractivity contribution in [1.29, 1.82) is 0 Å². The topological polar surface area (TPSA) is 98.5 Å². The zero-order chi connectivity index (χ0) is 15.1. The summed E-state index contributed by atoms with van der Waals surface area (Å²) in [6.45, 7) is 3.51. The van der Waals surface area contributed by atoms with E-state index in [0.29, 0.717) is 0 Å². The summed E-state index contributed by atoms with van der Waals surface area (Å²) >= 11 is 0.718. The second-order valence-corrected chi connectivity index (χ2v) is 5.11. The highest BCUT2D eigenvalue weighted by molar-refractivity contribution is 7.17. The van der Waals surface area contributed by atoms with Crippen LogP contribution in [0, 0.1) is 10.1 Å². The quantitative estimate of drug-likeness (QED) is 0.472. The Morgan fingerprint density at radius 3 is 2.55 bits per heavy atom. The Kier molecular flexibility index (Phi) is 6.10. The first-order valence-electron chi connectivity index (χ1n) is 6.18. The number of nitrogens with zero attached hydrogens (tertiary/aromatic N) is 1. The number of carbonyl (C=O) groups excluding carboxylic acids is 2. The molecule has 0 spiro atoms. The summed E-state index contributed by atoms with van der Waals surface area (Å²) < 4.78 is 4.81. The molecule has 0 saturated heterocycles. The van der Waals surface area contributed by atoms with Gasteiger partial charge in [-0.1, -0.05) is 25.2 Å². The molecule has 1 N–H and O–H groups in total. The van der Waals surface area contributed by atoms with Crippen LogP contribution >= 0.6 is 11.3 Å². The van der Waals surface area contributed by atoms with Gasteiger partial charge in [-0.2, -0.15) is 0 Å². The van der Waals surface area contributed by atoms with Gasteiger partial charge in [0.05, 0.1) is 4.92 Å². The molecule has 1 rings (SSSR count). The van der Waals surface area contributed by atoms with E-state index < -0.39 is 10.9 Å². The summed E-state index contributed by atoms with van der Waals surface area (Å²) in [6.07, 6.45) is 1.60. The smallest absolute Gasteiger partial charge is 0.349 e. The predicted octanol–water partition coefficient (Wildman–Crippen LogP) is 2.12. The van der Waals surface area contributed by atoms with E-state index in [0.717, 1.165) is 24.2 Å². The van der Waals surface area contributed by atoms with Crippen LogP contribution in [0.15, 0.2) is 12.1 Å². The molecular formula is C12H16N2O5S. The Morgan fingerprint density at radius 1 is 1.40 bits per heavy atom. The molecule has 0 unspecified atom stereocenters. The van der Waals surface area contributed by atoms with Crippen LogP contribution in [0.2, 0.25) is 0 Å². The maximum absolute atomic E-state index is 11.6. The number of thiophene rings is 1. The van der Waals surface area contributed by atoms with E-state index in [1.807, 2.05) is 13.8 Å². The molecule has 0 aliphatic heterocycles. The van der Waals surface area contributed by atoms with E-state index in [2.05, 4.69) is 5.32 Å². The van der Waals surface area contributed by atoms with Crippen LogP contribution < -0.4 is 5.32 Å². The Bertz CT molecular complexity index is 496. The lowest BCUT2D eigenvalue weighted by Crippen LogP contribution is -2.36. The predicted molar refractivity (Wildman–Crippen MR) is 73.8 cm³/mol. The molecule has 8 heteroatoms. The fourth-order valence-corrected chi connectivity index (χ4v) is 2.21. The third-order valence-corrected chi connectivity index (χ3v) is 3.67. The average molecular weight is 300 g/mol. The van der Waals surface area contributed by atoms with Crippen molar-refractivity contribution in [2.75, 3.05) is 6.61 Å². The first kappa shape index (κ1) is 16.1. The number of nitrogens with one attached hydrogen (secondary N) is 1. The van der Waals surface area contributed by atoms with Crippen LogP contribution in [0.1, 0.15) is 36.4 Å². The van der Waals surface area contributed by atoms with Crippen molar-refractivity contribution in [1.82, 2.24) is 5.32 Å². The first-order valence-corrected chi connectivity index (χ1v) is 7.00. The van der Waals surface area contributed by atoms with Gasteiger partial charge in [-0.3, -0.25) is 14.9 Å². The van der Waals surface area contributed by atoms with Crippen LogP contribution in [-0.2, 0) is 9.53 Å². The summed E-state index contributed by atoms with van der Waals surface area (Å²) in [5, 5.41) is 13.1. The number of amides is 1. The van der Waals surface area contributed by atoms with Gasteiger partial charge in [-0.15, -0.1) is 0 Å². The summed E-state index contributed by atoms with van der Waals surface area (Å²) in [5.74, 6) is -1.11. The highest BCUT2D eigenvalue weighted by Crippen LogP contribution is 2.24. The maximum atomic E-state index is 11.6. The van der Waals surface area contributed by atoms with Crippen molar-refractivity contribution in [2.45, 2.75) is 32.7 Å². The van der Waals surface area contributed by atoms with Crippen LogP contribution in [0.25, 0.3) is 0 Å². The fourth-order valence-electron chi connectivity index (χ4n) is 1.50. The second-order valence-electron chi connectivity index (χ2n) is 4.05. The van der Waals surface area contributed by atoms with Crippen LogP contribution in [0.4, 0.5) is 5.00 Å². The van der Waals surface area contributed by atoms with Gasteiger partial charge >= 0.3 is 11.0 Å². The molecule has 0 aliphatic rings. The van der Waals surface area contributed by atoms with Gasteiger partial charge in [0.1, 0.15) is 4.88 Å². The molecule has 1 amide bonds. The molecule has 1 aromatic rings. The molecule has 110 valence electrons. The zero-order valence-electron chi connectivity index (χ0n) is 11.3. The third-order valence-electron chi connectivity index (χ3n) is 2.66.